The number of benzene rings is 1. The van der Waals surface area contributed by atoms with Gasteiger partial charge in [0.15, 0.2) is 0 Å². The SMILES string of the molecule is COC(=O)CCOc1cc(Br)ccc1[C@H](C)O. The maximum atomic E-state index is 10.9. The molecule has 5 heteroatoms. The van der Waals surface area contributed by atoms with Gasteiger partial charge in [-0.25, -0.2) is 0 Å². The van der Waals surface area contributed by atoms with E-state index in [4.69, 9.17) is 4.74 Å². The summed E-state index contributed by atoms with van der Waals surface area (Å²) in [7, 11) is 1.34. The summed E-state index contributed by atoms with van der Waals surface area (Å²) in [5, 5.41) is 9.56. The molecule has 0 heterocycles. The molecule has 4 nitrogen and oxygen atoms in total. The van der Waals surface area contributed by atoms with Crippen molar-refractivity contribution in [3.05, 3.63) is 28.2 Å². The molecule has 0 aliphatic carbocycles. The topological polar surface area (TPSA) is 55.8 Å². The Morgan fingerprint density at radius 1 is 1.53 bits per heavy atom. The van der Waals surface area contributed by atoms with E-state index >= 15 is 0 Å². The van der Waals surface area contributed by atoms with Crippen molar-refractivity contribution >= 4 is 21.9 Å². The number of esters is 1. The number of methoxy groups -OCH3 is 1. The molecule has 0 saturated carbocycles. The van der Waals surface area contributed by atoms with E-state index in [0.717, 1.165) is 4.47 Å². The Morgan fingerprint density at radius 2 is 2.24 bits per heavy atom. The third kappa shape index (κ3) is 4.36. The highest BCUT2D eigenvalue weighted by Crippen LogP contribution is 2.28. The van der Waals surface area contributed by atoms with Crippen LogP contribution in [0.3, 0.4) is 0 Å². The molecule has 0 saturated heterocycles. The first-order valence-electron chi connectivity index (χ1n) is 5.21. The lowest BCUT2D eigenvalue weighted by Gasteiger charge is -2.13. The second kappa shape index (κ2) is 6.61. The van der Waals surface area contributed by atoms with E-state index in [2.05, 4.69) is 20.7 Å². The molecule has 1 aromatic rings. The number of ether oxygens (including phenoxy) is 2. The molecule has 0 fully saturated rings. The third-order valence-electron chi connectivity index (χ3n) is 2.22. The monoisotopic (exact) mass is 302 g/mol. The molecule has 0 aliphatic rings. The van der Waals surface area contributed by atoms with Crippen molar-refractivity contribution in [2.45, 2.75) is 19.4 Å². The van der Waals surface area contributed by atoms with E-state index in [9.17, 15) is 9.90 Å². The maximum absolute atomic E-state index is 10.9. The summed E-state index contributed by atoms with van der Waals surface area (Å²) in [5.74, 6) is 0.247. The van der Waals surface area contributed by atoms with E-state index in [1.54, 1.807) is 19.1 Å². The Morgan fingerprint density at radius 3 is 2.82 bits per heavy atom. The van der Waals surface area contributed by atoms with Crippen LogP contribution in [-0.2, 0) is 9.53 Å². The van der Waals surface area contributed by atoms with Gasteiger partial charge in [0, 0.05) is 10.0 Å². The molecule has 0 aliphatic heterocycles. The van der Waals surface area contributed by atoms with Gasteiger partial charge < -0.3 is 14.6 Å². The number of carbonyl (C=O) groups excluding carboxylic acids is 1. The molecule has 0 radical (unpaired) electrons. The number of rotatable bonds is 5. The zero-order valence-corrected chi connectivity index (χ0v) is 11.4. The van der Waals surface area contributed by atoms with Crippen molar-refractivity contribution in [1.29, 1.82) is 0 Å². The average Bonchev–Trinajstić information content (AvgIpc) is 2.28. The van der Waals surface area contributed by atoms with Crippen LogP contribution in [0.1, 0.15) is 25.0 Å². The molecule has 17 heavy (non-hydrogen) atoms. The van der Waals surface area contributed by atoms with Crippen LogP contribution in [0.5, 0.6) is 5.75 Å². The largest absolute Gasteiger partial charge is 0.493 e. The molecule has 0 bridgehead atoms. The Bertz CT molecular complexity index is 390. The predicted molar refractivity (Wildman–Crippen MR) is 66.9 cm³/mol. The van der Waals surface area contributed by atoms with Crippen LogP contribution < -0.4 is 4.74 Å². The number of halogens is 1. The van der Waals surface area contributed by atoms with E-state index < -0.39 is 6.10 Å². The van der Waals surface area contributed by atoms with Crippen molar-refractivity contribution in [3.8, 4) is 5.75 Å². The number of hydrogen-bond acceptors (Lipinski definition) is 4. The molecule has 0 unspecified atom stereocenters. The molecule has 1 atom stereocenters. The summed E-state index contributed by atoms with van der Waals surface area (Å²) in [6, 6.07) is 5.37. The van der Waals surface area contributed by atoms with Gasteiger partial charge in [-0.3, -0.25) is 4.79 Å². The highest BCUT2D eigenvalue weighted by molar-refractivity contribution is 9.10. The minimum absolute atomic E-state index is 0.183. The standard InChI is InChI=1S/C12H15BrO4/c1-8(14)10-4-3-9(13)7-11(10)17-6-5-12(15)16-2/h3-4,7-8,14H,5-6H2,1-2H3/t8-/m0/s1. The maximum Gasteiger partial charge on any atom is 0.308 e. The molecule has 1 rings (SSSR count). The molecular weight excluding hydrogens is 288 g/mol. The first-order valence-corrected chi connectivity index (χ1v) is 6.01. The van der Waals surface area contributed by atoms with Crippen LogP contribution in [0.4, 0.5) is 0 Å². The Balaban J connectivity index is 2.68. The van der Waals surface area contributed by atoms with Crippen LogP contribution in [-0.4, -0.2) is 24.8 Å². The summed E-state index contributed by atoms with van der Waals surface area (Å²) in [6.45, 7) is 1.89. The molecule has 1 N–H and O–H groups in total. The number of aliphatic hydroxyl groups is 1. The van der Waals surface area contributed by atoms with Crippen LogP contribution in [0, 0.1) is 0 Å². The number of carbonyl (C=O) groups is 1. The zero-order chi connectivity index (χ0) is 12.8. The molecule has 94 valence electrons. The van der Waals surface area contributed by atoms with Gasteiger partial charge >= 0.3 is 5.97 Å². The van der Waals surface area contributed by atoms with Gasteiger partial charge in [-0.15, -0.1) is 0 Å². The first kappa shape index (κ1) is 14.0. The summed E-state index contributed by atoms with van der Waals surface area (Å²) in [6.07, 6.45) is -0.432. The fourth-order valence-electron chi connectivity index (χ4n) is 1.32. The smallest absolute Gasteiger partial charge is 0.308 e. The second-order valence-electron chi connectivity index (χ2n) is 3.53. The molecule has 0 amide bonds. The van der Waals surface area contributed by atoms with Gasteiger partial charge in [-0.2, -0.15) is 0 Å². The van der Waals surface area contributed by atoms with Gasteiger partial charge in [0.1, 0.15) is 5.75 Å². The van der Waals surface area contributed by atoms with Crippen molar-refractivity contribution in [2.75, 3.05) is 13.7 Å². The van der Waals surface area contributed by atoms with Crippen molar-refractivity contribution < 1.29 is 19.4 Å². The van der Waals surface area contributed by atoms with Crippen molar-refractivity contribution in [3.63, 3.8) is 0 Å². The molecule has 0 aromatic heterocycles. The van der Waals surface area contributed by atoms with Crippen LogP contribution in [0.2, 0.25) is 0 Å². The van der Waals surface area contributed by atoms with Gasteiger partial charge in [-0.1, -0.05) is 22.0 Å². The fourth-order valence-corrected chi connectivity index (χ4v) is 1.66. The highest BCUT2D eigenvalue weighted by atomic mass is 79.9. The Hall–Kier alpha value is -1.07. The second-order valence-corrected chi connectivity index (χ2v) is 4.45. The van der Waals surface area contributed by atoms with E-state index in [1.165, 1.54) is 7.11 Å². The van der Waals surface area contributed by atoms with Gasteiger partial charge in [0.05, 0.1) is 26.2 Å². The molecule has 1 aromatic carbocycles. The fraction of sp³-hybridized carbons (Fsp3) is 0.417. The zero-order valence-electron chi connectivity index (χ0n) is 9.77. The summed E-state index contributed by atoms with van der Waals surface area (Å²) in [4.78, 5) is 10.9. The van der Waals surface area contributed by atoms with E-state index in [1.807, 2.05) is 6.07 Å². The van der Waals surface area contributed by atoms with Crippen LogP contribution >= 0.6 is 15.9 Å². The minimum atomic E-state index is -0.615. The van der Waals surface area contributed by atoms with Crippen LogP contribution in [0.25, 0.3) is 0 Å². The summed E-state index contributed by atoms with van der Waals surface area (Å²) in [5.41, 5.74) is 0.693. The van der Waals surface area contributed by atoms with E-state index in [-0.39, 0.29) is 19.0 Å². The van der Waals surface area contributed by atoms with Gasteiger partial charge in [0.25, 0.3) is 0 Å². The quantitative estimate of drug-likeness (QED) is 0.849. The third-order valence-corrected chi connectivity index (χ3v) is 2.71. The molecule has 0 spiro atoms. The van der Waals surface area contributed by atoms with Gasteiger partial charge in [-0.05, 0) is 19.1 Å². The summed E-state index contributed by atoms with van der Waals surface area (Å²) >= 11 is 3.33. The summed E-state index contributed by atoms with van der Waals surface area (Å²) < 4.78 is 10.8. The number of aliphatic hydroxyl groups excluding tert-OH is 1. The molecular formula is C12H15BrO4. The Kier molecular flexibility index (Phi) is 5.44. The lowest BCUT2D eigenvalue weighted by atomic mass is 10.1. The normalized spacial score (nSPS) is 12.0. The van der Waals surface area contributed by atoms with Crippen molar-refractivity contribution in [2.24, 2.45) is 0 Å². The van der Waals surface area contributed by atoms with Crippen LogP contribution in [0.15, 0.2) is 22.7 Å². The lowest BCUT2D eigenvalue weighted by Crippen LogP contribution is -2.09. The highest BCUT2D eigenvalue weighted by Gasteiger charge is 2.10. The Labute approximate surface area is 109 Å². The van der Waals surface area contributed by atoms with Gasteiger partial charge in [0.2, 0.25) is 0 Å². The first-order chi connectivity index (χ1) is 8.04. The predicted octanol–water partition coefficient (Wildman–Crippen LogP) is 2.44. The van der Waals surface area contributed by atoms with E-state index in [0.29, 0.717) is 11.3 Å². The minimum Gasteiger partial charge on any atom is -0.493 e. The van der Waals surface area contributed by atoms with Crippen molar-refractivity contribution in [1.82, 2.24) is 0 Å². The lowest BCUT2D eigenvalue weighted by molar-refractivity contribution is -0.141. The average molecular weight is 303 g/mol. The number of hydrogen-bond donors (Lipinski definition) is 1.